The van der Waals surface area contributed by atoms with E-state index in [1.807, 2.05) is 13.8 Å². The number of hydrogen-bond acceptors (Lipinski definition) is 5. The molecular weight excluding hydrogens is 318 g/mol. The molecule has 1 aromatic heterocycles. The van der Waals surface area contributed by atoms with Gasteiger partial charge in [0.05, 0.1) is 19.1 Å². The monoisotopic (exact) mass is 341 g/mol. The molecule has 23 heavy (non-hydrogen) atoms. The van der Waals surface area contributed by atoms with Crippen molar-refractivity contribution in [2.24, 2.45) is 5.92 Å². The van der Waals surface area contributed by atoms with Crippen LogP contribution < -0.4 is 10.1 Å². The van der Waals surface area contributed by atoms with E-state index in [2.05, 4.69) is 10.3 Å². The number of ether oxygens (including phenoxy) is 1. The number of rotatable bonds is 4. The average molecular weight is 341 g/mol. The van der Waals surface area contributed by atoms with E-state index in [1.54, 1.807) is 13.2 Å². The first kappa shape index (κ1) is 17.7. The standard InChI is InChI=1S/C15H23N3O4S/c1-10-9-13(22-3)14(11(2)16-10)17-15(19)12-5-7-18(8-6-12)23(4,20)21/h9,12H,5-8H2,1-4H3,(H,17,19). The second kappa shape index (κ2) is 6.84. The molecule has 1 N–H and O–H groups in total. The zero-order valence-electron chi connectivity index (χ0n) is 13.9. The first-order valence-corrected chi connectivity index (χ1v) is 9.35. The van der Waals surface area contributed by atoms with Crippen LogP contribution in [0.3, 0.4) is 0 Å². The lowest BCUT2D eigenvalue weighted by atomic mass is 9.97. The van der Waals surface area contributed by atoms with E-state index in [1.165, 1.54) is 10.6 Å². The van der Waals surface area contributed by atoms with E-state index < -0.39 is 10.0 Å². The fourth-order valence-corrected chi connectivity index (χ4v) is 3.65. The zero-order chi connectivity index (χ0) is 17.2. The van der Waals surface area contributed by atoms with E-state index in [0.29, 0.717) is 43.1 Å². The summed E-state index contributed by atoms with van der Waals surface area (Å²) in [6.07, 6.45) is 2.22. The zero-order valence-corrected chi connectivity index (χ0v) is 14.7. The number of aryl methyl sites for hydroxylation is 2. The van der Waals surface area contributed by atoms with Crippen molar-refractivity contribution >= 4 is 21.6 Å². The highest BCUT2D eigenvalue weighted by molar-refractivity contribution is 7.88. The van der Waals surface area contributed by atoms with Gasteiger partial charge >= 0.3 is 0 Å². The number of sulfonamides is 1. The van der Waals surface area contributed by atoms with E-state index in [9.17, 15) is 13.2 Å². The molecule has 1 aliphatic rings. The molecule has 0 saturated carbocycles. The van der Waals surface area contributed by atoms with Gasteiger partial charge < -0.3 is 10.1 Å². The summed E-state index contributed by atoms with van der Waals surface area (Å²) >= 11 is 0. The average Bonchev–Trinajstić information content (AvgIpc) is 2.48. The third-order valence-electron chi connectivity index (χ3n) is 4.05. The lowest BCUT2D eigenvalue weighted by molar-refractivity contribution is -0.120. The highest BCUT2D eigenvalue weighted by Crippen LogP contribution is 2.29. The van der Waals surface area contributed by atoms with Crippen LogP contribution in [-0.2, 0) is 14.8 Å². The number of pyridine rings is 1. The van der Waals surface area contributed by atoms with Gasteiger partial charge in [0, 0.05) is 30.8 Å². The molecule has 0 unspecified atom stereocenters. The van der Waals surface area contributed by atoms with Crippen LogP contribution in [0, 0.1) is 19.8 Å². The number of carbonyl (C=O) groups excluding carboxylic acids is 1. The summed E-state index contributed by atoms with van der Waals surface area (Å²) in [6.45, 7) is 4.43. The minimum atomic E-state index is -3.18. The molecule has 0 spiro atoms. The van der Waals surface area contributed by atoms with E-state index in [4.69, 9.17) is 4.74 Å². The molecule has 1 saturated heterocycles. The van der Waals surface area contributed by atoms with Gasteiger partial charge in [-0.3, -0.25) is 9.78 Å². The quantitative estimate of drug-likeness (QED) is 0.892. The van der Waals surface area contributed by atoms with Gasteiger partial charge in [0.25, 0.3) is 0 Å². The summed E-state index contributed by atoms with van der Waals surface area (Å²) in [4.78, 5) is 16.8. The minimum absolute atomic E-state index is 0.120. The summed E-state index contributed by atoms with van der Waals surface area (Å²) in [7, 11) is -1.63. The van der Waals surface area contributed by atoms with Crippen LogP contribution in [0.25, 0.3) is 0 Å². The number of hydrogen-bond donors (Lipinski definition) is 1. The van der Waals surface area contributed by atoms with Gasteiger partial charge in [-0.15, -0.1) is 0 Å². The molecular formula is C15H23N3O4S. The molecule has 0 aliphatic carbocycles. The molecule has 8 heteroatoms. The Morgan fingerprint density at radius 3 is 2.48 bits per heavy atom. The topological polar surface area (TPSA) is 88.6 Å². The van der Waals surface area contributed by atoms with Crippen molar-refractivity contribution in [1.82, 2.24) is 9.29 Å². The molecule has 0 atom stereocenters. The summed E-state index contributed by atoms with van der Waals surface area (Å²) in [5, 5.41) is 2.89. The van der Waals surface area contributed by atoms with Gasteiger partial charge in [0.15, 0.2) is 0 Å². The Labute approximate surface area is 137 Å². The van der Waals surface area contributed by atoms with Crippen LogP contribution in [0.4, 0.5) is 5.69 Å². The fraction of sp³-hybridized carbons (Fsp3) is 0.600. The Morgan fingerprint density at radius 2 is 1.96 bits per heavy atom. The summed E-state index contributed by atoms with van der Waals surface area (Å²) in [6, 6.07) is 1.77. The lowest BCUT2D eigenvalue weighted by Crippen LogP contribution is -2.41. The first-order valence-electron chi connectivity index (χ1n) is 7.50. The molecule has 0 bridgehead atoms. The fourth-order valence-electron chi connectivity index (χ4n) is 2.78. The van der Waals surface area contributed by atoms with Crippen LogP contribution in [0.15, 0.2) is 6.07 Å². The minimum Gasteiger partial charge on any atom is -0.494 e. The Hall–Kier alpha value is -1.67. The molecule has 1 fully saturated rings. The first-order chi connectivity index (χ1) is 10.7. The molecule has 0 radical (unpaired) electrons. The van der Waals surface area contributed by atoms with Crippen molar-refractivity contribution < 1.29 is 17.9 Å². The highest BCUT2D eigenvalue weighted by atomic mass is 32.2. The van der Waals surface area contributed by atoms with Crippen LogP contribution in [0.5, 0.6) is 5.75 Å². The Balaban J connectivity index is 2.07. The highest BCUT2D eigenvalue weighted by Gasteiger charge is 2.29. The van der Waals surface area contributed by atoms with Crippen molar-refractivity contribution in [1.29, 1.82) is 0 Å². The smallest absolute Gasteiger partial charge is 0.227 e. The summed E-state index contributed by atoms with van der Waals surface area (Å²) in [5.74, 6) is 0.250. The van der Waals surface area contributed by atoms with Crippen molar-refractivity contribution in [2.45, 2.75) is 26.7 Å². The Kier molecular flexibility index (Phi) is 5.26. The molecule has 1 amide bonds. The second-order valence-electron chi connectivity index (χ2n) is 5.85. The van der Waals surface area contributed by atoms with E-state index >= 15 is 0 Å². The number of piperidine rings is 1. The normalized spacial score (nSPS) is 17.0. The lowest BCUT2D eigenvalue weighted by Gasteiger charge is -2.29. The van der Waals surface area contributed by atoms with Crippen molar-refractivity contribution in [3.05, 3.63) is 17.5 Å². The summed E-state index contributed by atoms with van der Waals surface area (Å²) < 4.78 is 29.8. The molecule has 1 aliphatic heterocycles. The van der Waals surface area contributed by atoms with E-state index in [-0.39, 0.29) is 11.8 Å². The van der Waals surface area contributed by atoms with Crippen molar-refractivity contribution in [3.8, 4) is 5.75 Å². The molecule has 7 nitrogen and oxygen atoms in total. The largest absolute Gasteiger partial charge is 0.494 e. The van der Waals surface area contributed by atoms with Crippen LogP contribution >= 0.6 is 0 Å². The molecule has 128 valence electrons. The van der Waals surface area contributed by atoms with Crippen LogP contribution in [0.1, 0.15) is 24.2 Å². The van der Waals surface area contributed by atoms with Crippen LogP contribution in [-0.4, -0.2) is 50.1 Å². The number of nitrogens with zero attached hydrogens (tertiary/aromatic N) is 2. The van der Waals surface area contributed by atoms with Crippen molar-refractivity contribution in [2.75, 3.05) is 31.8 Å². The Morgan fingerprint density at radius 1 is 1.35 bits per heavy atom. The van der Waals surface area contributed by atoms with Gasteiger partial charge in [0.2, 0.25) is 15.9 Å². The predicted octanol–water partition coefficient (Wildman–Crippen LogP) is 1.32. The predicted molar refractivity (Wildman–Crippen MR) is 88.0 cm³/mol. The number of nitrogens with one attached hydrogen (secondary N) is 1. The van der Waals surface area contributed by atoms with Crippen LogP contribution in [0.2, 0.25) is 0 Å². The maximum atomic E-state index is 12.5. The van der Waals surface area contributed by atoms with Gasteiger partial charge in [-0.1, -0.05) is 0 Å². The molecule has 0 aromatic carbocycles. The second-order valence-corrected chi connectivity index (χ2v) is 7.83. The van der Waals surface area contributed by atoms with Gasteiger partial charge in [-0.2, -0.15) is 0 Å². The SMILES string of the molecule is COc1cc(C)nc(C)c1NC(=O)C1CCN(S(C)(=O)=O)CC1. The van der Waals surface area contributed by atoms with Gasteiger partial charge in [-0.05, 0) is 26.7 Å². The van der Waals surface area contributed by atoms with Crippen molar-refractivity contribution in [3.63, 3.8) is 0 Å². The maximum absolute atomic E-state index is 12.5. The Bertz CT molecular complexity index is 695. The molecule has 2 heterocycles. The third kappa shape index (κ3) is 4.20. The third-order valence-corrected chi connectivity index (χ3v) is 5.36. The number of carbonyl (C=O) groups is 1. The number of anilines is 1. The molecule has 1 aromatic rings. The number of methoxy groups -OCH3 is 1. The number of amides is 1. The van der Waals surface area contributed by atoms with Gasteiger partial charge in [-0.25, -0.2) is 12.7 Å². The maximum Gasteiger partial charge on any atom is 0.227 e. The molecule has 2 rings (SSSR count). The number of aromatic nitrogens is 1. The van der Waals surface area contributed by atoms with E-state index in [0.717, 1.165) is 5.69 Å². The van der Waals surface area contributed by atoms with Gasteiger partial charge in [0.1, 0.15) is 11.4 Å². The summed E-state index contributed by atoms with van der Waals surface area (Å²) in [5.41, 5.74) is 2.09.